The molecule has 2 aromatic rings. The second kappa shape index (κ2) is 4.58. The Hall–Kier alpha value is -1.45. The van der Waals surface area contributed by atoms with E-state index in [1.165, 1.54) is 0 Å². The number of rotatable bonds is 1. The smallest absolute Gasteiger partial charge is 0.178 e. The van der Waals surface area contributed by atoms with Gasteiger partial charge in [-0.05, 0) is 17.7 Å². The maximum absolute atomic E-state index is 12.4. The summed E-state index contributed by atoms with van der Waals surface area (Å²) in [5.74, 6) is -1.16. The van der Waals surface area contributed by atoms with Crippen LogP contribution in [-0.4, -0.2) is 11.6 Å². The summed E-state index contributed by atoms with van der Waals surface area (Å²) in [5.41, 5.74) is 1.53. The summed E-state index contributed by atoms with van der Waals surface area (Å²) in [6.45, 7) is 0. The fourth-order valence-corrected chi connectivity index (χ4v) is 3.14. The highest BCUT2D eigenvalue weighted by atomic mass is 79.9. The molecular formula is C15H8BrClO2. The Labute approximate surface area is 123 Å². The van der Waals surface area contributed by atoms with E-state index < -0.39 is 5.92 Å². The molecule has 2 nitrogen and oxygen atoms in total. The van der Waals surface area contributed by atoms with Crippen molar-refractivity contribution < 1.29 is 9.59 Å². The molecule has 0 aromatic heterocycles. The van der Waals surface area contributed by atoms with E-state index >= 15 is 0 Å². The third-order valence-electron chi connectivity index (χ3n) is 3.26. The van der Waals surface area contributed by atoms with Gasteiger partial charge in [0.2, 0.25) is 0 Å². The van der Waals surface area contributed by atoms with Crippen molar-refractivity contribution in [1.29, 1.82) is 0 Å². The van der Waals surface area contributed by atoms with Crippen molar-refractivity contribution in [3.05, 3.63) is 68.7 Å². The number of halogens is 2. The lowest BCUT2D eigenvalue weighted by atomic mass is 9.94. The van der Waals surface area contributed by atoms with E-state index in [2.05, 4.69) is 15.9 Å². The molecule has 0 amide bonds. The maximum Gasteiger partial charge on any atom is 0.178 e. The number of hydrogen-bond donors (Lipinski definition) is 0. The lowest BCUT2D eigenvalue weighted by molar-refractivity contribution is 0.0890. The van der Waals surface area contributed by atoms with Crippen molar-refractivity contribution in [3.63, 3.8) is 0 Å². The van der Waals surface area contributed by atoms with Gasteiger partial charge in [0.1, 0.15) is 5.92 Å². The third kappa shape index (κ3) is 1.94. The Morgan fingerprint density at radius 3 is 2.05 bits per heavy atom. The second-order valence-corrected chi connectivity index (χ2v) is 5.70. The molecule has 0 aliphatic heterocycles. The van der Waals surface area contributed by atoms with E-state index in [0.29, 0.717) is 21.7 Å². The number of ketones is 2. The van der Waals surface area contributed by atoms with E-state index in [4.69, 9.17) is 11.6 Å². The summed E-state index contributed by atoms with van der Waals surface area (Å²) in [6, 6.07) is 12.1. The SMILES string of the molecule is O=C1c2ccccc2C(=O)C1c1ccc(Br)cc1Cl. The number of hydrogen-bond acceptors (Lipinski definition) is 2. The minimum Gasteiger partial charge on any atom is -0.293 e. The van der Waals surface area contributed by atoms with Gasteiger partial charge in [-0.3, -0.25) is 9.59 Å². The first-order chi connectivity index (χ1) is 9.09. The summed E-state index contributed by atoms with van der Waals surface area (Å²) in [6.07, 6.45) is 0. The molecule has 0 spiro atoms. The average Bonchev–Trinajstić information content (AvgIpc) is 2.64. The average molecular weight is 336 g/mol. The first-order valence-corrected chi connectivity index (χ1v) is 6.89. The van der Waals surface area contributed by atoms with Gasteiger partial charge in [0.05, 0.1) is 0 Å². The molecule has 0 radical (unpaired) electrons. The number of Topliss-reactive ketones (excluding diaryl/α,β-unsaturated/α-hetero) is 2. The zero-order chi connectivity index (χ0) is 13.6. The largest absolute Gasteiger partial charge is 0.293 e. The maximum atomic E-state index is 12.4. The summed E-state index contributed by atoms with van der Waals surface area (Å²) in [5, 5.41) is 0.425. The highest BCUT2D eigenvalue weighted by Gasteiger charge is 2.40. The van der Waals surface area contributed by atoms with E-state index in [9.17, 15) is 9.59 Å². The third-order valence-corrected chi connectivity index (χ3v) is 4.08. The molecule has 3 rings (SSSR count). The van der Waals surface area contributed by atoms with Crippen LogP contribution in [0.15, 0.2) is 46.9 Å². The first-order valence-electron chi connectivity index (χ1n) is 5.72. The number of benzene rings is 2. The molecule has 0 N–H and O–H groups in total. The molecule has 0 saturated heterocycles. The van der Waals surface area contributed by atoms with Gasteiger partial charge in [-0.25, -0.2) is 0 Å². The molecule has 19 heavy (non-hydrogen) atoms. The Morgan fingerprint density at radius 1 is 0.947 bits per heavy atom. The van der Waals surface area contributed by atoms with E-state index in [1.807, 2.05) is 0 Å². The monoisotopic (exact) mass is 334 g/mol. The number of carbonyl (C=O) groups excluding carboxylic acids is 2. The molecule has 0 heterocycles. The lowest BCUT2D eigenvalue weighted by Gasteiger charge is -2.09. The summed E-state index contributed by atoms with van der Waals surface area (Å²) < 4.78 is 0.816. The molecule has 1 aliphatic rings. The van der Waals surface area contributed by atoms with E-state index in [1.54, 1.807) is 42.5 Å². The predicted molar refractivity (Wildman–Crippen MR) is 77.0 cm³/mol. The van der Waals surface area contributed by atoms with Gasteiger partial charge in [0.15, 0.2) is 11.6 Å². The molecule has 1 aliphatic carbocycles. The number of fused-ring (bicyclic) bond motifs is 1. The van der Waals surface area contributed by atoms with Crippen LogP contribution in [0.2, 0.25) is 5.02 Å². The fraction of sp³-hybridized carbons (Fsp3) is 0.0667. The summed E-state index contributed by atoms with van der Waals surface area (Å²) >= 11 is 9.46. The van der Waals surface area contributed by atoms with Crippen molar-refractivity contribution in [2.75, 3.05) is 0 Å². The van der Waals surface area contributed by atoms with Gasteiger partial charge in [0, 0.05) is 20.6 Å². The molecule has 0 fully saturated rings. The van der Waals surface area contributed by atoms with Crippen LogP contribution < -0.4 is 0 Å². The molecule has 0 unspecified atom stereocenters. The van der Waals surface area contributed by atoms with Gasteiger partial charge in [-0.2, -0.15) is 0 Å². The van der Waals surface area contributed by atoms with Crippen molar-refractivity contribution >= 4 is 39.1 Å². The zero-order valence-electron chi connectivity index (χ0n) is 9.69. The van der Waals surface area contributed by atoms with Crippen LogP contribution in [0.5, 0.6) is 0 Å². The fourth-order valence-electron chi connectivity index (χ4n) is 2.36. The molecule has 0 saturated carbocycles. The molecule has 0 atom stereocenters. The van der Waals surface area contributed by atoms with E-state index in [-0.39, 0.29) is 11.6 Å². The van der Waals surface area contributed by atoms with Crippen LogP contribution in [0, 0.1) is 0 Å². The molecule has 94 valence electrons. The Morgan fingerprint density at radius 2 is 1.53 bits per heavy atom. The van der Waals surface area contributed by atoms with Crippen LogP contribution in [0.3, 0.4) is 0 Å². The standard InChI is InChI=1S/C15H8BrClO2/c16-8-5-6-11(12(17)7-8)13-14(18)9-3-1-2-4-10(9)15(13)19/h1-7,13H. The molecule has 2 aromatic carbocycles. The predicted octanol–water partition coefficient (Wildman–Crippen LogP) is 4.27. The molecule has 0 bridgehead atoms. The molecule has 4 heteroatoms. The highest BCUT2D eigenvalue weighted by molar-refractivity contribution is 9.10. The Bertz CT molecular complexity index is 674. The van der Waals surface area contributed by atoms with Gasteiger partial charge in [-0.15, -0.1) is 0 Å². The van der Waals surface area contributed by atoms with Crippen LogP contribution in [0.1, 0.15) is 32.2 Å². The van der Waals surface area contributed by atoms with Gasteiger partial charge in [-0.1, -0.05) is 57.9 Å². The second-order valence-electron chi connectivity index (χ2n) is 4.37. The van der Waals surface area contributed by atoms with Crippen molar-refractivity contribution in [2.45, 2.75) is 5.92 Å². The summed E-state index contributed by atoms with van der Waals surface area (Å²) in [7, 11) is 0. The Kier molecular flexibility index (Phi) is 3.03. The first kappa shape index (κ1) is 12.6. The van der Waals surface area contributed by atoms with Crippen molar-refractivity contribution in [3.8, 4) is 0 Å². The van der Waals surface area contributed by atoms with Gasteiger partial charge < -0.3 is 0 Å². The number of carbonyl (C=O) groups is 2. The van der Waals surface area contributed by atoms with Crippen LogP contribution in [0.4, 0.5) is 0 Å². The highest BCUT2D eigenvalue weighted by Crippen LogP contribution is 2.37. The van der Waals surface area contributed by atoms with Crippen LogP contribution >= 0.6 is 27.5 Å². The minimum absolute atomic E-state index is 0.176. The topological polar surface area (TPSA) is 34.1 Å². The lowest BCUT2D eigenvalue weighted by Crippen LogP contribution is -2.13. The Balaban J connectivity index is 2.14. The summed E-state index contributed by atoms with van der Waals surface area (Å²) in [4.78, 5) is 24.7. The quantitative estimate of drug-likeness (QED) is 0.730. The van der Waals surface area contributed by atoms with Crippen LogP contribution in [-0.2, 0) is 0 Å². The normalized spacial score (nSPS) is 14.8. The van der Waals surface area contributed by atoms with Gasteiger partial charge >= 0.3 is 0 Å². The minimum atomic E-state index is -0.807. The zero-order valence-corrected chi connectivity index (χ0v) is 12.0. The van der Waals surface area contributed by atoms with Crippen LogP contribution in [0.25, 0.3) is 0 Å². The molecular weight excluding hydrogens is 328 g/mol. The van der Waals surface area contributed by atoms with Crippen molar-refractivity contribution in [1.82, 2.24) is 0 Å². The van der Waals surface area contributed by atoms with E-state index in [0.717, 1.165) is 4.47 Å². The van der Waals surface area contributed by atoms with Crippen molar-refractivity contribution in [2.24, 2.45) is 0 Å². The van der Waals surface area contributed by atoms with Gasteiger partial charge in [0.25, 0.3) is 0 Å².